The fourth-order valence-electron chi connectivity index (χ4n) is 3.04. The first-order valence-corrected chi connectivity index (χ1v) is 9.06. The Morgan fingerprint density at radius 2 is 0.560 bits per heavy atom. The van der Waals surface area contributed by atoms with Crippen molar-refractivity contribution >= 4 is 0 Å². The molecule has 0 atom stereocenters. The van der Waals surface area contributed by atoms with E-state index in [1.54, 1.807) is 0 Å². The van der Waals surface area contributed by atoms with Crippen LogP contribution in [0.3, 0.4) is 0 Å². The van der Waals surface area contributed by atoms with Crippen LogP contribution in [0.15, 0.2) is 0 Å². The molecule has 1 aliphatic rings. The molecule has 1 saturated heterocycles. The second-order valence-electron chi connectivity index (χ2n) is 6.26. The van der Waals surface area contributed by atoms with E-state index < -0.39 is 0 Å². The number of rotatable bonds is 8. The average molecular weight is 500 g/mol. The molecule has 1 heterocycles. The van der Waals surface area contributed by atoms with Crippen LogP contribution in [0.25, 0.3) is 0 Å². The first-order valence-electron chi connectivity index (χ1n) is 9.06. The zero-order valence-corrected chi connectivity index (χ0v) is 17.7. The number of nitrogens with zero attached hydrogens (tertiary/aromatic N) is 4. The van der Waals surface area contributed by atoms with Gasteiger partial charge in [0.1, 0.15) is 0 Å². The Bertz CT molecular complexity index is 233. The van der Waals surface area contributed by atoms with Crippen LogP contribution in [0, 0.1) is 49.4 Å². The molecule has 0 aromatic carbocycles. The van der Waals surface area contributed by atoms with Gasteiger partial charge in [-0.15, -0.1) is 0 Å². The Hall–Kier alpha value is 1.26. The van der Waals surface area contributed by atoms with Crippen molar-refractivity contribution in [2.75, 3.05) is 105 Å². The zero-order chi connectivity index (χ0) is 17.6. The fourth-order valence-corrected chi connectivity index (χ4v) is 3.04. The molecule has 0 saturated carbocycles. The summed E-state index contributed by atoms with van der Waals surface area (Å²) in [6.45, 7) is 10.0. The van der Waals surface area contributed by atoms with Crippen molar-refractivity contribution in [1.82, 2.24) is 19.6 Å². The van der Waals surface area contributed by atoms with Crippen molar-refractivity contribution in [2.45, 2.75) is 0 Å². The summed E-state index contributed by atoms with van der Waals surface area (Å²) in [6.07, 6.45) is 0. The van der Waals surface area contributed by atoms with Gasteiger partial charge >= 0.3 is 0 Å². The summed E-state index contributed by atoms with van der Waals surface area (Å²) >= 11 is 0. The maximum atomic E-state index is 9.26. The van der Waals surface area contributed by atoms with Crippen molar-refractivity contribution in [1.29, 1.82) is 0 Å². The van der Waals surface area contributed by atoms with E-state index >= 15 is 0 Å². The van der Waals surface area contributed by atoms with Crippen LogP contribution in [0.5, 0.6) is 0 Å². The summed E-state index contributed by atoms with van der Waals surface area (Å²) in [5.74, 6) is 0. The van der Waals surface area contributed by atoms with Crippen molar-refractivity contribution in [2.24, 2.45) is 0 Å². The van der Waals surface area contributed by atoms with E-state index in [2.05, 4.69) is 19.6 Å². The molecule has 0 aliphatic carbocycles. The van der Waals surface area contributed by atoms with Crippen LogP contribution in [0.4, 0.5) is 0 Å². The summed E-state index contributed by atoms with van der Waals surface area (Å²) in [6, 6.07) is 0. The second kappa shape index (κ2) is 17.4. The van der Waals surface area contributed by atoms with E-state index in [0.29, 0.717) is 26.2 Å². The van der Waals surface area contributed by atoms with Gasteiger partial charge in [0.25, 0.3) is 0 Å². The van der Waals surface area contributed by atoms with Gasteiger partial charge in [0.15, 0.2) is 0 Å². The Labute approximate surface area is 192 Å². The van der Waals surface area contributed by atoms with E-state index in [4.69, 9.17) is 0 Å². The Balaban J connectivity index is 0.00000576. The van der Waals surface area contributed by atoms with Gasteiger partial charge in [0.2, 0.25) is 0 Å². The SMILES string of the molecule is OCCN1CCN(CCO)CCN(CCO)CCN(CCO)CC1.[Eu]. The number of hydrogen-bond acceptors (Lipinski definition) is 8. The Morgan fingerprint density at radius 1 is 0.400 bits per heavy atom. The van der Waals surface area contributed by atoms with Crippen molar-refractivity contribution in [3.63, 3.8) is 0 Å². The van der Waals surface area contributed by atoms with E-state index in [0.717, 1.165) is 52.4 Å². The quantitative estimate of drug-likeness (QED) is 0.284. The van der Waals surface area contributed by atoms with Gasteiger partial charge in [-0.05, 0) is 0 Å². The van der Waals surface area contributed by atoms with E-state index in [-0.39, 0.29) is 75.8 Å². The third-order valence-electron chi connectivity index (χ3n) is 4.59. The molecule has 4 N–H and O–H groups in total. The second-order valence-corrected chi connectivity index (χ2v) is 6.26. The minimum atomic E-state index is 0. The molecule has 151 valence electrons. The maximum absolute atomic E-state index is 9.26. The van der Waals surface area contributed by atoms with Gasteiger partial charge in [-0.25, -0.2) is 0 Å². The van der Waals surface area contributed by atoms with Gasteiger partial charge in [-0.1, -0.05) is 0 Å². The topological polar surface area (TPSA) is 93.9 Å². The van der Waals surface area contributed by atoms with Gasteiger partial charge in [0, 0.05) is 128 Å². The summed E-state index contributed by atoms with van der Waals surface area (Å²) in [5, 5.41) is 37.0. The van der Waals surface area contributed by atoms with Crippen LogP contribution in [-0.4, -0.2) is 145 Å². The van der Waals surface area contributed by atoms with Crippen molar-refractivity contribution < 1.29 is 69.8 Å². The van der Waals surface area contributed by atoms with Crippen LogP contribution in [0.2, 0.25) is 0 Å². The maximum Gasteiger partial charge on any atom is 0.0558 e. The molecule has 0 aromatic rings. The van der Waals surface area contributed by atoms with Gasteiger partial charge in [-0.3, -0.25) is 19.6 Å². The first kappa shape index (κ1) is 26.3. The molecular formula is C16H36EuN4O4. The number of aliphatic hydroxyl groups excluding tert-OH is 4. The minimum Gasteiger partial charge on any atom is -0.395 e. The van der Waals surface area contributed by atoms with Gasteiger partial charge in [0.05, 0.1) is 26.4 Å². The van der Waals surface area contributed by atoms with Crippen LogP contribution in [-0.2, 0) is 0 Å². The smallest absolute Gasteiger partial charge is 0.0558 e. The molecule has 25 heavy (non-hydrogen) atoms. The van der Waals surface area contributed by atoms with E-state index in [1.165, 1.54) is 0 Å². The predicted octanol–water partition coefficient (Wildman–Crippen LogP) is -2.82. The van der Waals surface area contributed by atoms with Crippen molar-refractivity contribution in [3.05, 3.63) is 0 Å². The third kappa shape index (κ3) is 12.4. The predicted molar refractivity (Wildman–Crippen MR) is 94.1 cm³/mol. The zero-order valence-electron chi connectivity index (χ0n) is 15.3. The van der Waals surface area contributed by atoms with Crippen LogP contribution < -0.4 is 0 Å². The molecule has 1 radical (unpaired) electrons. The molecule has 0 unspecified atom stereocenters. The van der Waals surface area contributed by atoms with Gasteiger partial charge in [-0.2, -0.15) is 0 Å². The molecule has 9 heteroatoms. The summed E-state index contributed by atoms with van der Waals surface area (Å²) in [7, 11) is 0. The largest absolute Gasteiger partial charge is 0.395 e. The standard InChI is InChI=1S/C16H36N4O4.Eu/c21-13-9-17-1-2-18(10-14-22)5-6-20(12-16-24)8-7-19(4-3-17)11-15-23;/h21-24H,1-16H2;. The molecule has 1 aliphatic heterocycles. The normalized spacial score (nSPS) is 20.6. The summed E-state index contributed by atoms with van der Waals surface area (Å²) in [4.78, 5) is 8.95. The Morgan fingerprint density at radius 3 is 0.680 bits per heavy atom. The van der Waals surface area contributed by atoms with Gasteiger partial charge < -0.3 is 20.4 Å². The summed E-state index contributed by atoms with van der Waals surface area (Å²) < 4.78 is 0. The van der Waals surface area contributed by atoms with Crippen LogP contribution >= 0.6 is 0 Å². The Kier molecular flexibility index (Phi) is 18.2. The minimum absolute atomic E-state index is 0. The molecular weight excluding hydrogens is 464 g/mol. The number of aliphatic hydroxyl groups is 4. The third-order valence-corrected chi connectivity index (χ3v) is 4.59. The molecule has 0 spiro atoms. The first-order chi connectivity index (χ1) is 11.7. The number of β-amino-alcohol motifs (C(OH)–C–C–N with tert-alkyl or cyclic N) is 4. The van der Waals surface area contributed by atoms with E-state index in [1.807, 2.05) is 0 Å². The molecule has 0 aromatic heterocycles. The average Bonchev–Trinajstić information content (AvgIpc) is 2.57. The fraction of sp³-hybridized carbons (Fsp3) is 1.00. The van der Waals surface area contributed by atoms with Crippen LogP contribution in [0.1, 0.15) is 0 Å². The summed E-state index contributed by atoms with van der Waals surface area (Å²) in [5.41, 5.74) is 0. The van der Waals surface area contributed by atoms with E-state index in [9.17, 15) is 20.4 Å². The monoisotopic (exact) mass is 501 g/mol. The molecule has 8 nitrogen and oxygen atoms in total. The molecule has 1 rings (SSSR count). The molecule has 0 bridgehead atoms. The molecule has 0 amide bonds. The number of hydrogen-bond donors (Lipinski definition) is 4. The van der Waals surface area contributed by atoms with Crippen molar-refractivity contribution in [3.8, 4) is 0 Å². The molecule has 1 fully saturated rings.